The van der Waals surface area contributed by atoms with E-state index in [1.165, 1.54) is 12.8 Å². The highest BCUT2D eigenvalue weighted by atomic mass is 16.5. The number of hydrogen-bond donors (Lipinski definition) is 1. The summed E-state index contributed by atoms with van der Waals surface area (Å²) in [4.78, 5) is 2.54. The Bertz CT molecular complexity index is 372. The van der Waals surface area contributed by atoms with Gasteiger partial charge in [-0.05, 0) is 31.7 Å². The minimum absolute atomic E-state index is 0.624. The molecule has 0 radical (unpaired) electrons. The first-order valence-electron chi connectivity index (χ1n) is 8.49. The number of nitrogens with one attached hydrogen (secondary N) is 1. The molecular weight excluding hydrogens is 262 g/mol. The zero-order chi connectivity index (χ0) is 15.7. The first-order chi connectivity index (χ1) is 10.1. The summed E-state index contributed by atoms with van der Waals surface area (Å²) in [5, 5.41) is 7.53. The molecule has 0 unspecified atom stereocenters. The molecule has 122 valence electrons. The van der Waals surface area contributed by atoms with E-state index in [9.17, 15) is 0 Å². The van der Waals surface area contributed by atoms with Crippen LogP contribution < -0.4 is 5.32 Å². The molecule has 0 saturated carbocycles. The second-order valence-electron chi connectivity index (χ2n) is 6.25. The number of nitrogens with zero attached hydrogens (tertiary/aromatic N) is 2. The molecule has 1 heterocycles. The van der Waals surface area contributed by atoms with Crippen molar-refractivity contribution in [3.8, 4) is 0 Å². The molecule has 0 spiro atoms. The van der Waals surface area contributed by atoms with Crippen molar-refractivity contribution in [2.24, 2.45) is 5.92 Å². The molecule has 0 aliphatic heterocycles. The summed E-state index contributed by atoms with van der Waals surface area (Å²) in [6, 6.07) is 2.72. The van der Waals surface area contributed by atoms with Gasteiger partial charge in [0.1, 0.15) is 0 Å². The Balaban J connectivity index is 2.61. The molecule has 0 amide bonds. The molecule has 1 aromatic rings. The molecule has 0 fully saturated rings. The van der Waals surface area contributed by atoms with E-state index in [1.54, 1.807) is 0 Å². The minimum atomic E-state index is 0.624. The zero-order valence-electron chi connectivity index (χ0n) is 14.5. The fraction of sp³-hybridized carbons (Fsp3) is 0.824. The Morgan fingerprint density at radius 1 is 1.24 bits per heavy atom. The monoisotopic (exact) mass is 295 g/mol. The maximum absolute atomic E-state index is 5.51. The van der Waals surface area contributed by atoms with Crippen LogP contribution in [0.25, 0.3) is 0 Å². The highest BCUT2D eigenvalue weighted by molar-refractivity contribution is 5.05. The lowest BCUT2D eigenvalue weighted by Gasteiger charge is -2.30. The third kappa shape index (κ3) is 6.62. The van der Waals surface area contributed by atoms with Crippen molar-refractivity contribution in [1.29, 1.82) is 0 Å². The number of aromatic nitrogens is 1. The van der Waals surface area contributed by atoms with Crippen molar-refractivity contribution in [3.63, 3.8) is 0 Å². The Morgan fingerprint density at radius 3 is 2.52 bits per heavy atom. The molecule has 1 N–H and O–H groups in total. The lowest BCUT2D eigenvalue weighted by molar-refractivity contribution is 0.141. The van der Waals surface area contributed by atoms with Crippen LogP contribution in [0.4, 0.5) is 0 Å². The fourth-order valence-corrected chi connectivity index (χ4v) is 2.72. The third-order valence-electron chi connectivity index (χ3n) is 3.76. The van der Waals surface area contributed by atoms with Gasteiger partial charge in [0.25, 0.3) is 0 Å². The summed E-state index contributed by atoms with van der Waals surface area (Å²) in [6.45, 7) is 15.0. The van der Waals surface area contributed by atoms with Gasteiger partial charge in [0.05, 0.1) is 12.2 Å². The molecule has 0 aliphatic rings. The Kier molecular flexibility index (Phi) is 8.62. The first-order valence-corrected chi connectivity index (χ1v) is 8.49. The van der Waals surface area contributed by atoms with Crippen LogP contribution in [0, 0.1) is 5.92 Å². The van der Waals surface area contributed by atoms with Gasteiger partial charge >= 0.3 is 0 Å². The molecule has 4 heteroatoms. The maximum atomic E-state index is 5.51. The van der Waals surface area contributed by atoms with E-state index >= 15 is 0 Å². The van der Waals surface area contributed by atoms with E-state index < -0.39 is 0 Å². The summed E-state index contributed by atoms with van der Waals surface area (Å²) in [7, 11) is 0. The van der Waals surface area contributed by atoms with Crippen LogP contribution in [0.5, 0.6) is 0 Å². The van der Waals surface area contributed by atoms with Gasteiger partial charge in [-0.25, -0.2) is 0 Å². The van der Waals surface area contributed by atoms with Crippen molar-refractivity contribution >= 4 is 0 Å². The average molecular weight is 295 g/mol. The van der Waals surface area contributed by atoms with Gasteiger partial charge in [0.2, 0.25) is 0 Å². The van der Waals surface area contributed by atoms with Gasteiger partial charge in [-0.3, -0.25) is 4.90 Å². The quantitative estimate of drug-likeness (QED) is 0.630. The zero-order valence-corrected chi connectivity index (χ0v) is 14.5. The Hall–Kier alpha value is -0.870. The van der Waals surface area contributed by atoms with E-state index in [0.717, 1.165) is 44.1 Å². The Morgan fingerprint density at radius 2 is 1.95 bits per heavy atom. The summed E-state index contributed by atoms with van der Waals surface area (Å²) < 4.78 is 5.51. The molecule has 21 heavy (non-hydrogen) atoms. The van der Waals surface area contributed by atoms with Crippen LogP contribution in [-0.4, -0.2) is 29.2 Å². The molecule has 1 aromatic heterocycles. The van der Waals surface area contributed by atoms with Crippen LogP contribution in [-0.2, 0) is 13.1 Å². The second kappa shape index (κ2) is 9.96. The van der Waals surface area contributed by atoms with E-state index in [0.29, 0.717) is 12.0 Å². The van der Waals surface area contributed by atoms with Crippen molar-refractivity contribution < 1.29 is 4.52 Å². The van der Waals surface area contributed by atoms with E-state index in [1.807, 2.05) is 0 Å². The SMILES string of the molecule is CCCNCc1cc(CN(CC(C)C)C(CC)CC)on1. The van der Waals surface area contributed by atoms with Crippen molar-refractivity contribution in [2.75, 3.05) is 13.1 Å². The smallest absolute Gasteiger partial charge is 0.151 e. The lowest BCUT2D eigenvalue weighted by Crippen LogP contribution is -2.36. The third-order valence-corrected chi connectivity index (χ3v) is 3.76. The maximum Gasteiger partial charge on any atom is 0.151 e. The summed E-state index contributed by atoms with van der Waals surface area (Å²) >= 11 is 0. The molecule has 0 aliphatic carbocycles. The number of hydrogen-bond acceptors (Lipinski definition) is 4. The minimum Gasteiger partial charge on any atom is -0.360 e. The topological polar surface area (TPSA) is 41.3 Å². The van der Waals surface area contributed by atoms with Crippen LogP contribution in [0.3, 0.4) is 0 Å². The summed E-state index contributed by atoms with van der Waals surface area (Å²) in [6.07, 6.45) is 3.51. The van der Waals surface area contributed by atoms with Crippen LogP contribution in [0.15, 0.2) is 10.6 Å². The second-order valence-corrected chi connectivity index (χ2v) is 6.25. The molecule has 0 saturated heterocycles. The number of rotatable bonds is 11. The highest BCUT2D eigenvalue weighted by Gasteiger charge is 2.18. The molecule has 0 aromatic carbocycles. The predicted octanol–water partition coefficient (Wildman–Crippen LogP) is 3.82. The van der Waals surface area contributed by atoms with Gasteiger partial charge in [-0.2, -0.15) is 0 Å². The lowest BCUT2D eigenvalue weighted by atomic mass is 10.1. The van der Waals surface area contributed by atoms with Crippen LogP contribution in [0.1, 0.15) is 65.3 Å². The first kappa shape index (κ1) is 18.2. The van der Waals surface area contributed by atoms with Gasteiger partial charge in [0.15, 0.2) is 5.76 Å². The van der Waals surface area contributed by atoms with Crippen LogP contribution in [0.2, 0.25) is 0 Å². The fourth-order valence-electron chi connectivity index (χ4n) is 2.72. The average Bonchev–Trinajstić information content (AvgIpc) is 2.87. The van der Waals surface area contributed by atoms with Gasteiger partial charge in [-0.15, -0.1) is 0 Å². The Labute approximate surface area is 130 Å². The van der Waals surface area contributed by atoms with E-state index in [4.69, 9.17) is 4.52 Å². The normalized spacial score (nSPS) is 12.0. The van der Waals surface area contributed by atoms with Crippen LogP contribution >= 0.6 is 0 Å². The van der Waals surface area contributed by atoms with Crippen molar-refractivity contribution in [1.82, 2.24) is 15.4 Å². The molecule has 0 bridgehead atoms. The van der Waals surface area contributed by atoms with Crippen molar-refractivity contribution in [2.45, 2.75) is 73.0 Å². The van der Waals surface area contributed by atoms with Gasteiger partial charge in [-0.1, -0.05) is 39.8 Å². The van der Waals surface area contributed by atoms with Gasteiger partial charge in [0, 0.05) is 25.2 Å². The van der Waals surface area contributed by atoms with E-state index in [2.05, 4.69) is 56.1 Å². The summed E-state index contributed by atoms with van der Waals surface area (Å²) in [5.74, 6) is 1.65. The molecular formula is C17H33N3O. The predicted molar refractivity (Wildman–Crippen MR) is 88.1 cm³/mol. The molecule has 0 atom stereocenters. The van der Waals surface area contributed by atoms with Crippen molar-refractivity contribution in [3.05, 3.63) is 17.5 Å². The molecule has 4 nitrogen and oxygen atoms in total. The van der Waals surface area contributed by atoms with E-state index in [-0.39, 0.29) is 0 Å². The largest absolute Gasteiger partial charge is 0.360 e. The standard InChI is InChI=1S/C17H33N3O/c1-6-9-18-11-15-10-17(21-19-15)13-20(12-14(4)5)16(7-2)8-3/h10,14,16,18H,6-9,11-13H2,1-5H3. The highest BCUT2D eigenvalue weighted by Crippen LogP contribution is 2.16. The summed E-state index contributed by atoms with van der Waals surface area (Å²) in [5.41, 5.74) is 1.01. The van der Waals surface area contributed by atoms with Gasteiger partial charge < -0.3 is 9.84 Å². The molecule has 1 rings (SSSR count).